The Hall–Kier alpha value is -1.48. The van der Waals surface area contributed by atoms with Crippen molar-refractivity contribution in [3.63, 3.8) is 0 Å². The van der Waals surface area contributed by atoms with Gasteiger partial charge in [0, 0.05) is 6.20 Å². The second kappa shape index (κ2) is 5.25. The van der Waals surface area contributed by atoms with Gasteiger partial charge in [-0.1, -0.05) is 23.5 Å². The third-order valence-electron chi connectivity index (χ3n) is 2.45. The number of nitrogens with zero attached hydrogens (tertiary/aromatic N) is 3. The summed E-state index contributed by atoms with van der Waals surface area (Å²) in [6.07, 6.45) is 3.53. The number of carbonyl (C=O) groups excluding carboxylic acids is 1. The highest BCUT2D eigenvalue weighted by atomic mass is 127. The molecule has 0 radical (unpaired) electrons. The number of nitrogens with one attached hydrogen (secondary N) is 1. The lowest BCUT2D eigenvalue weighted by atomic mass is 10.3. The van der Waals surface area contributed by atoms with Crippen molar-refractivity contribution in [3.8, 4) is 0 Å². The lowest BCUT2D eigenvalue weighted by Crippen LogP contribution is -2.18. The fraction of sp³-hybridized carbons (Fsp3) is 0.0833. The largest absolute Gasteiger partial charge is 0.300 e. The number of carbonyl (C=O) groups is 1. The molecule has 5 nitrogen and oxygen atoms in total. The summed E-state index contributed by atoms with van der Waals surface area (Å²) in [5.41, 5.74) is 0.899. The van der Waals surface area contributed by atoms with Gasteiger partial charge in [0.2, 0.25) is 5.91 Å². The smallest absolute Gasteiger partial charge is 0.247 e. The van der Waals surface area contributed by atoms with Gasteiger partial charge in [-0.3, -0.25) is 9.48 Å². The molecule has 0 saturated carbocycles. The molecular weight excluding hydrogens is 375 g/mol. The molecule has 1 N–H and O–H groups in total. The van der Waals surface area contributed by atoms with Crippen molar-refractivity contribution in [1.29, 1.82) is 0 Å². The Morgan fingerprint density at radius 3 is 3.00 bits per heavy atom. The molecule has 2 heterocycles. The van der Waals surface area contributed by atoms with Gasteiger partial charge in [0.1, 0.15) is 6.54 Å². The number of para-hydroxylation sites is 1. The van der Waals surface area contributed by atoms with Crippen molar-refractivity contribution in [3.05, 3.63) is 40.2 Å². The second-order valence-corrected chi connectivity index (χ2v) is 6.17. The summed E-state index contributed by atoms with van der Waals surface area (Å²) in [4.78, 5) is 16.2. The van der Waals surface area contributed by atoms with E-state index in [1.807, 2.05) is 30.5 Å². The first-order valence-electron chi connectivity index (χ1n) is 5.54. The average Bonchev–Trinajstić information content (AvgIpc) is 2.94. The summed E-state index contributed by atoms with van der Waals surface area (Å²) in [6, 6.07) is 7.80. The molecule has 0 spiro atoms. The normalized spacial score (nSPS) is 10.8. The van der Waals surface area contributed by atoms with Gasteiger partial charge in [-0.2, -0.15) is 5.10 Å². The molecule has 0 aliphatic carbocycles. The number of hydrogen-bond donors (Lipinski definition) is 1. The van der Waals surface area contributed by atoms with Crippen molar-refractivity contribution >= 4 is 55.2 Å². The van der Waals surface area contributed by atoms with Crippen LogP contribution in [0, 0.1) is 3.57 Å². The van der Waals surface area contributed by atoms with Crippen molar-refractivity contribution in [2.45, 2.75) is 6.54 Å². The van der Waals surface area contributed by atoms with Crippen LogP contribution in [0.3, 0.4) is 0 Å². The zero-order chi connectivity index (χ0) is 13.2. The van der Waals surface area contributed by atoms with Crippen molar-refractivity contribution in [2.75, 3.05) is 5.32 Å². The van der Waals surface area contributed by atoms with E-state index in [9.17, 15) is 4.79 Å². The van der Waals surface area contributed by atoms with E-state index >= 15 is 0 Å². The molecule has 0 fully saturated rings. The minimum absolute atomic E-state index is 0.126. The number of rotatable bonds is 3. The van der Waals surface area contributed by atoms with Gasteiger partial charge < -0.3 is 5.32 Å². The van der Waals surface area contributed by atoms with Gasteiger partial charge in [-0.15, -0.1) is 0 Å². The summed E-state index contributed by atoms with van der Waals surface area (Å²) in [5.74, 6) is -0.126. The molecular formula is C12H9IN4OS. The highest BCUT2D eigenvalue weighted by molar-refractivity contribution is 14.1. The average molecular weight is 384 g/mol. The third-order valence-corrected chi connectivity index (χ3v) is 3.96. The fourth-order valence-corrected chi connectivity index (χ4v) is 2.98. The summed E-state index contributed by atoms with van der Waals surface area (Å²) >= 11 is 3.62. The van der Waals surface area contributed by atoms with E-state index in [2.05, 4.69) is 38.0 Å². The molecule has 0 aliphatic rings. The Bertz CT molecular complexity index is 703. The number of anilines is 1. The molecule has 7 heteroatoms. The summed E-state index contributed by atoms with van der Waals surface area (Å²) < 4.78 is 3.67. The van der Waals surface area contributed by atoms with E-state index in [0.29, 0.717) is 5.13 Å². The van der Waals surface area contributed by atoms with Crippen LogP contribution in [0.1, 0.15) is 0 Å². The first-order chi connectivity index (χ1) is 9.20. The van der Waals surface area contributed by atoms with E-state index < -0.39 is 0 Å². The predicted molar refractivity (Wildman–Crippen MR) is 83.2 cm³/mol. The van der Waals surface area contributed by atoms with E-state index in [0.717, 1.165) is 13.8 Å². The zero-order valence-corrected chi connectivity index (χ0v) is 12.7. The Morgan fingerprint density at radius 2 is 2.26 bits per heavy atom. The molecule has 0 saturated heterocycles. The van der Waals surface area contributed by atoms with Gasteiger partial charge >= 0.3 is 0 Å². The molecule has 19 heavy (non-hydrogen) atoms. The highest BCUT2D eigenvalue weighted by Crippen LogP contribution is 2.25. The van der Waals surface area contributed by atoms with Crippen molar-refractivity contribution in [2.24, 2.45) is 0 Å². The first kappa shape index (κ1) is 12.5. The van der Waals surface area contributed by atoms with Crippen LogP contribution < -0.4 is 5.32 Å². The number of fused-ring (bicyclic) bond motifs is 1. The van der Waals surface area contributed by atoms with Crippen LogP contribution in [0.2, 0.25) is 0 Å². The molecule has 1 aromatic carbocycles. The Balaban J connectivity index is 1.72. The van der Waals surface area contributed by atoms with Crippen LogP contribution in [-0.2, 0) is 11.3 Å². The van der Waals surface area contributed by atoms with Crippen LogP contribution in [-0.4, -0.2) is 20.7 Å². The van der Waals surface area contributed by atoms with Gasteiger partial charge in [0.25, 0.3) is 0 Å². The number of benzene rings is 1. The van der Waals surface area contributed by atoms with Crippen molar-refractivity contribution < 1.29 is 4.79 Å². The third kappa shape index (κ3) is 2.92. The van der Waals surface area contributed by atoms with E-state index in [1.165, 1.54) is 11.3 Å². The quantitative estimate of drug-likeness (QED) is 0.707. The van der Waals surface area contributed by atoms with Crippen LogP contribution in [0.25, 0.3) is 10.2 Å². The SMILES string of the molecule is O=C(Cn1cc(I)cn1)Nc1nc2ccccc2s1. The zero-order valence-electron chi connectivity index (χ0n) is 9.71. The van der Waals surface area contributed by atoms with Crippen LogP contribution in [0.4, 0.5) is 5.13 Å². The lowest BCUT2D eigenvalue weighted by molar-refractivity contribution is -0.116. The van der Waals surface area contributed by atoms with E-state index in [4.69, 9.17) is 0 Å². The molecule has 1 amide bonds. The number of halogens is 1. The number of amides is 1. The summed E-state index contributed by atoms with van der Waals surface area (Å²) in [7, 11) is 0. The summed E-state index contributed by atoms with van der Waals surface area (Å²) in [5, 5.41) is 7.48. The highest BCUT2D eigenvalue weighted by Gasteiger charge is 2.08. The Kier molecular flexibility index (Phi) is 3.47. The lowest BCUT2D eigenvalue weighted by Gasteiger charge is -2.01. The molecule has 0 bridgehead atoms. The Morgan fingerprint density at radius 1 is 1.42 bits per heavy atom. The first-order valence-corrected chi connectivity index (χ1v) is 7.43. The number of aromatic nitrogens is 3. The number of hydrogen-bond acceptors (Lipinski definition) is 4. The maximum absolute atomic E-state index is 11.9. The van der Waals surface area contributed by atoms with Crippen LogP contribution in [0.5, 0.6) is 0 Å². The molecule has 3 aromatic rings. The Labute approximate surface area is 126 Å². The molecule has 0 aliphatic heterocycles. The maximum atomic E-state index is 11.9. The van der Waals surface area contributed by atoms with Gasteiger partial charge in [0.15, 0.2) is 5.13 Å². The summed E-state index contributed by atoms with van der Waals surface area (Å²) in [6.45, 7) is 0.193. The van der Waals surface area contributed by atoms with Gasteiger partial charge in [-0.05, 0) is 34.7 Å². The van der Waals surface area contributed by atoms with Crippen LogP contribution in [0.15, 0.2) is 36.7 Å². The topological polar surface area (TPSA) is 59.8 Å². The molecule has 3 rings (SSSR count). The monoisotopic (exact) mass is 384 g/mol. The molecule has 0 atom stereocenters. The standard InChI is InChI=1S/C12H9IN4OS/c13-8-5-14-17(6-8)7-11(18)16-12-15-9-3-1-2-4-10(9)19-12/h1-6H,7H2,(H,15,16,18). The number of thiazole rings is 1. The molecule has 2 aromatic heterocycles. The predicted octanol–water partition coefficient (Wildman–Crippen LogP) is 2.74. The molecule has 96 valence electrons. The van der Waals surface area contributed by atoms with Gasteiger partial charge in [-0.25, -0.2) is 4.98 Å². The van der Waals surface area contributed by atoms with Crippen LogP contribution >= 0.6 is 33.9 Å². The van der Waals surface area contributed by atoms with Gasteiger partial charge in [0.05, 0.1) is 20.0 Å². The second-order valence-electron chi connectivity index (χ2n) is 3.89. The van der Waals surface area contributed by atoms with E-state index in [1.54, 1.807) is 10.9 Å². The minimum atomic E-state index is -0.126. The minimum Gasteiger partial charge on any atom is -0.300 e. The maximum Gasteiger partial charge on any atom is 0.247 e. The fourth-order valence-electron chi connectivity index (χ4n) is 1.66. The molecule has 0 unspecified atom stereocenters. The van der Waals surface area contributed by atoms with E-state index in [-0.39, 0.29) is 12.5 Å². The van der Waals surface area contributed by atoms with Crippen molar-refractivity contribution in [1.82, 2.24) is 14.8 Å².